The van der Waals surface area contributed by atoms with Crippen LogP contribution in [0.3, 0.4) is 0 Å². The van der Waals surface area contributed by atoms with Gasteiger partial charge in [0.1, 0.15) is 0 Å². The number of ketones is 1. The van der Waals surface area contributed by atoms with Crippen LogP contribution in [0.2, 0.25) is 0 Å². The van der Waals surface area contributed by atoms with Gasteiger partial charge in [0, 0.05) is 43.9 Å². The quantitative estimate of drug-likeness (QED) is 0.571. The molecule has 0 aromatic carbocycles. The maximum absolute atomic E-state index is 12.6. The second kappa shape index (κ2) is 8.45. The number of Topliss-reactive ketones (excluding diaryl/α,β-unsaturated/α-hetero) is 1. The lowest BCUT2D eigenvalue weighted by Crippen LogP contribution is -2.55. The summed E-state index contributed by atoms with van der Waals surface area (Å²) in [6.07, 6.45) is 4.01. The van der Waals surface area contributed by atoms with E-state index in [1.54, 1.807) is 12.3 Å². The molecule has 1 N–H and O–H groups in total. The first-order valence-corrected chi connectivity index (χ1v) is 10.1. The first-order valence-electron chi connectivity index (χ1n) is 10.1. The molecule has 2 saturated heterocycles. The minimum absolute atomic E-state index is 0.0228. The molecule has 1 aromatic rings. The molecular formula is C20H28N4O4. The molecule has 0 aliphatic carbocycles. The molecule has 0 bridgehead atoms. The molecule has 2 atom stereocenters. The Kier molecular flexibility index (Phi) is 5.77. The van der Waals surface area contributed by atoms with Gasteiger partial charge in [-0.15, -0.1) is 0 Å². The topological polar surface area (TPSA) is 84.0 Å². The fourth-order valence-electron chi connectivity index (χ4n) is 3.90. The number of nitrogens with one attached hydrogen (secondary N) is 1. The summed E-state index contributed by atoms with van der Waals surface area (Å²) in [5, 5.41) is 3.29. The summed E-state index contributed by atoms with van der Waals surface area (Å²) in [6.45, 7) is 6.35. The number of fused-ring (bicyclic) bond motifs is 3. The number of ether oxygens (including phenoxy) is 2. The van der Waals surface area contributed by atoms with E-state index in [9.17, 15) is 9.59 Å². The van der Waals surface area contributed by atoms with Crippen LogP contribution >= 0.6 is 0 Å². The summed E-state index contributed by atoms with van der Waals surface area (Å²) >= 11 is 0. The number of hydrogen-bond donors (Lipinski definition) is 1. The molecule has 0 spiro atoms. The highest BCUT2D eigenvalue weighted by Crippen LogP contribution is 2.33. The lowest BCUT2D eigenvalue weighted by molar-refractivity contribution is -0.133. The van der Waals surface area contributed by atoms with Gasteiger partial charge in [0.2, 0.25) is 5.91 Å². The van der Waals surface area contributed by atoms with E-state index in [-0.39, 0.29) is 17.7 Å². The van der Waals surface area contributed by atoms with Crippen LogP contribution < -0.4 is 15.0 Å². The summed E-state index contributed by atoms with van der Waals surface area (Å²) in [5.41, 5.74) is 0.558. The van der Waals surface area contributed by atoms with E-state index >= 15 is 0 Å². The minimum Gasteiger partial charge on any atom is -0.490 e. The molecule has 2 fully saturated rings. The number of nitrogens with zero attached hydrogens (tertiary/aromatic N) is 3. The third-order valence-corrected chi connectivity index (χ3v) is 5.76. The Morgan fingerprint density at radius 2 is 2.21 bits per heavy atom. The van der Waals surface area contributed by atoms with Gasteiger partial charge in [-0.3, -0.25) is 9.59 Å². The van der Waals surface area contributed by atoms with Crippen LogP contribution in [0.4, 0.5) is 5.82 Å². The third kappa shape index (κ3) is 4.12. The first-order chi connectivity index (χ1) is 13.6. The Morgan fingerprint density at radius 3 is 2.96 bits per heavy atom. The standard InChI is InChI=1S/C20H28N4O4/c1-14(25)15-10-18-20(22-11-15)24-7-6-23(12-17(24)3-9-28-18)19(26)4-8-27-13-16-2-5-21-16/h10-11,16-17,21H,2-9,12-13H2,1H3. The lowest BCUT2D eigenvalue weighted by atomic mass is 10.1. The molecule has 0 saturated carbocycles. The number of hydrogen-bond acceptors (Lipinski definition) is 7. The molecule has 8 heteroatoms. The van der Waals surface area contributed by atoms with Crippen molar-refractivity contribution < 1.29 is 19.1 Å². The van der Waals surface area contributed by atoms with Crippen molar-refractivity contribution in [2.45, 2.75) is 38.3 Å². The van der Waals surface area contributed by atoms with E-state index in [0.29, 0.717) is 63.2 Å². The highest BCUT2D eigenvalue weighted by molar-refractivity contribution is 5.94. The average Bonchev–Trinajstić information content (AvgIpc) is 2.84. The van der Waals surface area contributed by atoms with Gasteiger partial charge in [-0.1, -0.05) is 0 Å². The van der Waals surface area contributed by atoms with E-state index in [0.717, 1.165) is 25.2 Å². The summed E-state index contributed by atoms with van der Waals surface area (Å²) in [5.74, 6) is 1.56. The number of piperazine rings is 1. The van der Waals surface area contributed by atoms with Gasteiger partial charge in [0.15, 0.2) is 17.4 Å². The maximum atomic E-state index is 12.6. The smallest absolute Gasteiger partial charge is 0.225 e. The number of amides is 1. The van der Waals surface area contributed by atoms with Gasteiger partial charge in [0.25, 0.3) is 0 Å². The second-order valence-electron chi connectivity index (χ2n) is 7.69. The highest BCUT2D eigenvalue weighted by Gasteiger charge is 2.33. The first kappa shape index (κ1) is 19.1. The van der Waals surface area contributed by atoms with Crippen molar-refractivity contribution >= 4 is 17.5 Å². The maximum Gasteiger partial charge on any atom is 0.225 e. The largest absolute Gasteiger partial charge is 0.490 e. The molecule has 3 aliphatic heterocycles. The van der Waals surface area contributed by atoms with Crippen LogP contribution in [0.1, 0.15) is 36.5 Å². The van der Waals surface area contributed by atoms with Crippen molar-refractivity contribution in [2.24, 2.45) is 0 Å². The van der Waals surface area contributed by atoms with E-state index < -0.39 is 0 Å². The Hall–Kier alpha value is -2.19. The molecule has 4 rings (SSSR count). The number of rotatable bonds is 6. The van der Waals surface area contributed by atoms with Crippen LogP contribution in [0.25, 0.3) is 0 Å². The normalized spacial score (nSPS) is 23.8. The minimum atomic E-state index is -0.0228. The molecule has 2 unspecified atom stereocenters. The molecule has 8 nitrogen and oxygen atoms in total. The zero-order chi connectivity index (χ0) is 19.5. The van der Waals surface area contributed by atoms with Crippen LogP contribution in [0, 0.1) is 0 Å². The van der Waals surface area contributed by atoms with E-state index in [2.05, 4.69) is 15.2 Å². The lowest BCUT2D eigenvalue weighted by Gasteiger charge is -2.41. The van der Waals surface area contributed by atoms with Gasteiger partial charge >= 0.3 is 0 Å². The van der Waals surface area contributed by atoms with E-state index in [1.165, 1.54) is 6.92 Å². The molecular weight excluding hydrogens is 360 g/mol. The Morgan fingerprint density at radius 1 is 1.36 bits per heavy atom. The second-order valence-corrected chi connectivity index (χ2v) is 7.69. The fraction of sp³-hybridized carbons (Fsp3) is 0.650. The summed E-state index contributed by atoms with van der Waals surface area (Å²) in [6, 6.07) is 2.41. The Bertz CT molecular complexity index is 737. The van der Waals surface area contributed by atoms with Crippen molar-refractivity contribution in [2.75, 3.05) is 50.9 Å². The molecule has 152 valence electrons. The van der Waals surface area contributed by atoms with Crippen molar-refractivity contribution in [1.82, 2.24) is 15.2 Å². The molecule has 1 amide bonds. The van der Waals surface area contributed by atoms with Crippen molar-refractivity contribution in [1.29, 1.82) is 0 Å². The number of carbonyl (C=O) groups is 2. The van der Waals surface area contributed by atoms with E-state index in [4.69, 9.17) is 9.47 Å². The van der Waals surface area contributed by atoms with Crippen molar-refractivity contribution in [3.05, 3.63) is 17.8 Å². The highest BCUT2D eigenvalue weighted by atomic mass is 16.5. The molecule has 3 aliphatic rings. The Labute approximate surface area is 165 Å². The molecule has 28 heavy (non-hydrogen) atoms. The molecule has 1 aromatic heterocycles. The SMILES string of the molecule is CC(=O)c1cnc2c(c1)OCCC1CN(C(=O)CCOCC3CCN3)CCN21. The summed E-state index contributed by atoms with van der Waals surface area (Å²) in [7, 11) is 0. The number of anilines is 1. The van der Waals surface area contributed by atoms with Gasteiger partial charge in [-0.2, -0.15) is 0 Å². The fourth-order valence-corrected chi connectivity index (χ4v) is 3.90. The summed E-state index contributed by atoms with van der Waals surface area (Å²) in [4.78, 5) is 32.8. The Balaban J connectivity index is 1.33. The van der Waals surface area contributed by atoms with Crippen LogP contribution in [-0.4, -0.2) is 79.7 Å². The van der Waals surface area contributed by atoms with Gasteiger partial charge in [0.05, 0.1) is 32.3 Å². The zero-order valence-corrected chi connectivity index (χ0v) is 16.4. The summed E-state index contributed by atoms with van der Waals surface area (Å²) < 4.78 is 11.5. The van der Waals surface area contributed by atoms with Gasteiger partial charge in [-0.25, -0.2) is 4.98 Å². The number of aromatic nitrogens is 1. The van der Waals surface area contributed by atoms with Gasteiger partial charge < -0.3 is 24.6 Å². The number of carbonyl (C=O) groups excluding carboxylic acids is 2. The molecule has 0 radical (unpaired) electrons. The van der Waals surface area contributed by atoms with Gasteiger partial charge in [-0.05, 0) is 26.0 Å². The van der Waals surface area contributed by atoms with Crippen molar-refractivity contribution in [3.63, 3.8) is 0 Å². The zero-order valence-electron chi connectivity index (χ0n) is 16.4. The average molecular weight is 388 g/mol. The monoisotopic (exact) mass is 388 g/mol. The number of pyridine rings is 1. The van der Waals surface area contributed by atoms with Crippen LogP contribution in [0.15, 0.2) is 12.3 Å². The molecule has 4 heterocycles. The van der Waals surface area contributed by atoms with E-state index in [1.807, 2.05) is 4.90 Å². The van der Waals surface area contributed by atoms with Crippen LogP contribution in [0.5, 0.6) is 5.75 Å². The van der Waals surface area contributed by atoms with Crippen LogP contribution in [-0.2, 0) is 9.53 Å². The third-order valence-electron chi connectivity index (χ3n) is 5.76. The predicted molar refractivity (Wildman–Crippen MR) is 104 cm³/mol. The predicted octanol–water partition coefficient (Wildman–Crippen LogP) is 0.853. The van der Waals surface area contributed by atoms with Crippen molar-refractivity contribution in [3.8, 4) is 5.75 Å².